The van der Waals surface area contributed by atoms with Crippen LogP contribution in [-0.4, -0.2) is 160 Å². The average Bonchev–Trinajstić information content (AvgIpc) is 4.13. The van der Waals surface area contributed by atoms with Crippen LogP contribution in [0.25, 0.3) is 33.5 Å². The molecule has 3 saturated heterocycles. The van der Waals surface area contributed by atoms with Crippen molar-refractivity contribution in [2.75, 3.05) is 73.2 Å². The number of fused-ring (bicyclic) bond motifs is 6. The van der Waals surface area contributed by atoms with Gasteiger partial charge >= 0.3 is 5.97 Å². The highest BCUT2D eigenvalue weighted by atomic mass is 32.1. The number of methoxy groups -OCH3 is 1. The molecule has 71 heavy (non-hydrogen) atoms. The molecular weight excluding hydrogens is 925 g/mol. The molecule has 0 aliphatic carbocycles. The van der Waals surface area contributed by atoms with E-state index in [-0.39, 0.29) is 43.4 Å². The van der Waals surface area contributed by atoms with Crippen LogP contribution in [0.1, 0.15) is 83.2 Å². The molecule has 0 radical (unpaired) electrons. The third-order valence-electron chi connectivity index (χ3n) is 14.1. The number of nitrogens with zero attached hydrogens (tertiary/aromatic N) is 8. The maximum Gasteiger partial charge on any atom is 0.324 e. The summed E-state index contributed by atoms with van der Waals surface area (Å²) in [6.45, 7) is 16.9. The van der Waals surface area contributed by atoms with Crippen LogP contribution in [0.3, 0.4) is 0 Å². The van der Waals surface area contributed by atoms with Crippen LogP contribution in [0.5, 0.6) is 0 Å². The number of hydrogen-bond donors (Lipinski definition) is 2. The van der Waals surface area contributed by atoms with Crippen LogP contribution >= 0.6 is 11.5 Å². The third kappa shape index (κ3) is 11.5. The van der Waals surface area contributed by atoms with E-state index < -0.39 is 47.2 Å². The number of hydrogen-bond acceptors (Lipinski definition) is 14. The number of hydrazine groups is 1. The van der Waals surface area contributed by atoms with Gasteiger partial charge in [-0.2, -0.15) is 4.37 Å². The Morgan fingerprint density at radius 2 is 1.87 bits per heavy atom. The zero-order chi connectivity index (χ0) is 50.6. The standard InChI is InChI=1S/C52H68N10O8S/c1-9-61-41-17-16-34-27-37(41)38(46(61)36-13-10-19-53-44(36)33(4)68-8)29-52(5,6)31-70-51(67)39-14-11-21-62(56-39)50(66)40(28-42-55-47(34)57-71-42)54-48(64)45(32(2)3)58(7)49(65)35-18-22-60(30-35)43(63)15-12-20-59-23-25-69-26-24-59/h10,13,16-17,19,27,32-33,35,39-40,45,56H,9,11,14,18,20-26,28-31H2,1-8H3,(H,54,64)/t33-,35-,39-,40-,45-/m0/s1. The van der Waals surface area contributed by atoms with Gasteiger partial charge in [0.15, 0.2) is 5.82 Å². The minimum absolute atomic E-state index is 0.00376. The van der Waals surface area contributed by atoms with Gasteiger partial charge in [-0.05, 0) is 98.8 Å². The second kappa shape index (κ2) is 22.3. The van der Waals surface area contributed by atoms with Gasteiger partial charge in [0, 0.05) is 93.5 Å². The number of pyridine rings is 1. The van der Waals surface area contributed by atoms with Crippen molar-refractivity contribution < 1.29 is 38.2 Å². The number of likely N-dealkylation sites (tertiary alicyclic amines) is 1. The lowest BCUT2D eigenvalue weighted by Crippen LogP contribution is -2.62. The van der Waals surface area contributed by atoms with Crippen molar-refractivity contribution in [2.24, 2.45) is 17.3 Å². The van der Waals surface area contributed by atoms with E-state index in [1.165, 1.54) is 9.91 Å². The van der Waals surface area contributed by atoms with E-state index in [0.29, 0.717) is 75.9 Å². The van der Waals surface area contributed by atoms with Crippen LogP contribution in [-0.2, 0) is 57.6 Å². The van der Waals surface area contributed by atoms with Crippen molar-refractivity contribution in [3.05, 3.63) is 52.8 Å². The molecule has 380 valence electrons. The number of cyclic esters (lactones) is 1. The molecule has 3 aromatic heterocycles. The van der Waals surface area contributed by atoms with E-state index >= 15 is 0 Å². The number of likely N-dealkylation sites (N-methyl/N-ethyl adjacent to an activating group) is 1. The van der Waals surface area contributed by atoms with Crippen molar-refractivity contribution in [3.8, 4) is 34.5 Å². The number of esters is 1. The lowest BCUT2D eigenvalue weighted by Gasteiger charge is -2.36. The van der Waals surface area contributed by atoms with Crippen molar-refractivity contribution in [3.63, 3.8) is 0 Å². The number of ether oxygens (including phenoxy) is 3. The first-order chi connectivity index (χ1) is 34.1. The van der Waals surface area contributed by atoms with Gasteiger partial charge in [0.25, 0.3) is 11.8 Å². The number of amides is 4. The summed E-state index contributed by atoms with van der Waals surface area (Å²) in [6.07, 6.45) is 3.47. The highest BCUT2D eigenvalue weighted by Gasteiger charge is 2.41. The molecule has 4 aliphatic heterocycles. The minimum atomic E-state index is -1.14. The molecule has 5 atom stereocenters. The number of morpholine rings is 1. The number of carbonyl (C=O) groups is 5. The van der Waals surface area contributed by atoms with Gasteiger partial charge in [-0.3, -0.25) is 38.9 Å². The number of carbonyl (C=O) groups excluding carboxylic acids is 5. The molecule has 6 bridgehead atoms. The Morgan fingerprint density at radius 1 is 1.08 bits per heavy atom. The summed E-state index contributed by atoms with van der Waals surface area (Å²) in [6, 6.07) is 7.32. The Labute approximate surface area is 420 Å². The fraction of sp³-hybridized carbons (Fsp3) is 0.577. The smallest absolute Gasteiger partial charge is 0.324 e. The molecule has 19 heteroatoms. The topological polar surface area (TPSA) is 194 Å². The SMILES string of the molecule is CCn1c(-c2cccnc2[C@H](C)OC)c2c3cc(ccc31)-c1nsc(n1)C[C@H](NC(=O)[C@H](C(C)C)N(C)C(=O)[C@H]1CCN(C(=O)C#CCN3CCOCC3)C1)C(=O)N1CCC[C@H](N1)C(=O)OCC(C)(C)C2. The zero-order valence-corrected chi connectivity index (χ0v) is 43.1. The first kappa shape index (κ1) is 51.6. The predicted octanol–water partition coefficient (Wildman–Crippen LogP) is 4.26. The largest absolute Gasteiger partial charge is 0.464 e. The number of benzene rings is 1. The molecule has 0 unspecified atom stereocenters. The number of aryl methyl sites for hydroxylation is 1. The zero-order valence-electron chi connectivity index (χ0n) is 42.3. The minimum Gasteiger partial charge on any atom is -0.464 e. The Balaban J connectivity index is 1.08. The van der Waals surface area contributed by atoms with Crippen LogP contribution in [0.15, 0.2) is 36.5 Å². The lowest BCUT2D eigenvalue weighted by molar-refractivity contribution is -0.155. The summed E-state index contributed by atoms with van der Waals surface area (Å²) in [5.41, 5.74) is 8.26. The molecule has 0 spiro atoms. The Kier molecular flexibility index (Phi) is 16.2. The van der Waals surface area contributed by atoms with E-state index in [4.69, 9.17) is 28.6 Å². The molecule has 18 nitrogen and oxygen atoms in total. The van der Waals surface area contributed by atoms with Crippen LogP contribution < -0.4 is 10.7 Å². The third-order valence-corrected chi connectivity index (χ3v) is 14.9. The molecule has 4 amide bonds. The van der Waals surface area contributed by atoms with Gasteiger partial charge in [-0.25, -0.2) is 10.4 Å². The van der Waals surface area contributed by atoms with Gasteiger partial charge in [-0.15, -0.1) is 0 Å². The van der Waals surface area contributed by atoms with Gasteiger partial charge in [-0.1, -0.05) is 33.6 Å². The fourth-order valence-corrected chi connectivity index (χ4v) is 11.0. The van der Waals surface area contributed by atoms with E-state index in [1.807, 2.05) is 32.9 Å². The molecule has 4 aliphatic rings. The Hall–Kier alpha value is -5.78. The monoisotopic (exact) mass is 992 g/mol. The van der Waals surface area contributed by atoms with E-state index in [0.717, 1.165) is 63.6 Å². The van der Waals surface area contributed by atoms with Crippen molar-refractivity contribution in [1.82, 2.24) is 49.4 Å². The summed E-state index contributed by atoms with van der Waals surface area (Å²) in [5, 5.41) is 5.93. The molecule has 7 heterocycles. The van der Waals surface area contributed by atoms with E-state index in [2.05, 4.69) is 71.0 Å². The molecule has 0 saturated carbocycles. The molecule has 8 rings (SSSR count). The maximum atomic E-state index is 14.7. The Bertz CT molecular complexity index is 2680. The molecule has 1 aromatic carbocycles. The maximum absolute atomic E-state index is 14.7. The molecule has 2 N–H and O–H groups in total. The number of nitrogens with one attached hydrogen (secondary N) is 2. The highest BCUT2D eigenvalue weighted by molar-refractivity contribution is 7.05. The van der Waals surface area contributed by atoms with Gasteiger partial charge in [0.05, 0.1) is 49.8 Å². The summed E-state index contributed by atoms with van der Waals surface area (Å²) in [4.78, 5) is 85.4. The van der Waals surface area contributed by atoms with Gasteiger partial charge in [0.1, 0.15) is 23.1 Å². The van der Waals surface area contributed by atoms with Crippen molar-refractivity contribution in [1.29, 1.82) is 0 Å². The first-order valence-corrected chi connectivity index (χ1v) is 25.7. The van der Waals surface area contributed by atoms with Crippen LogP contribution in [0, 0.1) is 29.1 Å². The van der Waals surface area contributed by atoms with Crippen molar-refractivity contribution >= 4 is 52.0 Å². The van der Waals surface area contributed by atoms with Crippen LogP contribution in [0.4, 0.5) is 0 Å². The van der Waals surface area contributed by atoms with Crippen LogP contribution in [0.2, 0.25) is 0 Å². The number of aromatic nitrogens is 4. The molecule has 4 aromatic rings. The number of rotatable bonds is 10. The van der Waals surface area contributed by atoms with E-state index in [9.17, 15) is 24.0 Å². The van der Waals surface area contributed by atoms with Gasteiger partial charge in [0.2, 0.25) is 11.8 Å². The van der Waals surface area contributed by atoms with Crippen molar-refractivity contribution in [2.45, 2.75) is 104 Å². The normalized spacial score (nSPS) is 21.8. The van der Waals surface area contributed by atoms with Gasteiger partial charge < -0.3 is 33.9 Å². The first-order valence-electron chi connectivity index (χ1n) is 24.9. The second-order valence-electron chi connectivity index (χ2n) is 20.2. The Morgan fingerprint density at radius 3 is 2.62 bits per heavy atom. The summed E-state index contributed by atoms with van der Waals surface area (Å²) in [7, 11) is 3.28. The fourth-order valence-electron chi connectivity index (χ4n) is 10.3. The predicted molar refractivity (Wildman–Crippen MR) is 268 cm³/mol. The summed E-state index contributed by atoms with van der Waals surface area (Å²) in [5.74, 6) is 3.30. The highest BCUT2D eigenvalue weighted by Crippen LogP contribution is 2.42. The lowest BCUT2D eigenvalue weighted by atomic mass is 9.84. The average molecular weight is 993 g/mol. The van der Waals surface area contributed by atoms with E-state index in [1.54, 1.807) is 25.3 Å². The molecule has 3 fully saturated rings. The summed E-state index contributed by atoms with van der Waals surface area (Å²) >= 11 is 1.15. The second-order valence-corrected chi connectivity index (χ2v) is 21.1. The molecular formula is C52H68N10O8S. The quantitative estimate of drug-likeness (QED) is 0.169. The summed E-state index contributed by atoms with van der Waals surface area (Å²) < 4.78 is 24.4.